The Kier molecular flexibility index (Phi) is 3.05. The Morgan fingerprint density at radius 1 is 1.39 bits per heavy atom. The van der Waals surface area contributed by atoms with E-state index in [1.807, 2.05) is 0 Å². The van der Waals surface area contributed by atoms with Gasteiger partial charge in [0.25, 0.3) is 0 Å². The molecular formula is C11H11NO6. The van der Waals surface area contributed by atoms with E-state index in [0.717, 1.165) is 0 Å². The fourth-order valence-corrected chi connectivity index (χ4v) is 1.94. The van der Waals surface area contributed by atoms with Gasteiger partial charge in [-0.2, -0.15) is 0 Å². The average Bonchev–Trinajstić information content (AvgIpc) is 2.64. The highest BCUT2D eigenvalue weighted by atomic mass is 16.6. The Morgan fingerprint density at radius 3 is 2.67 bits per heavy atom. The molecule has 0 saturated carbocycles. The van der Waals surface area contributed by atoms with Crippen LogP contribution >= 0.6 is 0 Å². The predicted molar refractivity (Wildman–Crippen MR) is 59.6 cm³/mol. The minimum absolute atomic E-state index is 0.198. The number of cyclic esters (lactones) is 1. The van der Waals surface area contributed by atoms with Crippen LogP contribution in [0.15, 0.2) is 12.1 Å². The molecule has 1 aromatic rings. The van der Waals surface area contributed by atoms with E-state index in [1.165, 1.54) is 14.2 Å². The van der Waals surface area contributed by atoms with Crippen molar-refractivity contribution in [2.45, 2.75) is 6.10 Å². The molecule has 1 aliphatic heterocycles. The van der Waals surface area contributed by atoms with Crippen molar-refractivity contribution in [1.82, 2.24) is 0 Å². The number of esters is 1. The monoisotopic (exact) mass is 253 g/mol. The molecule has 0 amide bonds. The first kappa shape index (κ1) is 12.2. The molecule has 1 heterocycles. The van der Waals surface area contributed by atoms with Gasteiger partial charge < -0.3 is 14.2 Å². The van der Waals surface area contributed by atoms with Gasteiger partial charge in [-0.1, -0.05) is 6.07 Å². The summed E-state index contributed by atoms with van der Waals surface area (Å²) in [6.45, 7) is -0.464. The SMILES string of the molecule is COc1ccc2c(c1OC)C(=O)O[C@H]2C[N+](=O)[O-]. The molecule has 0 bridgehead atoms. The molecule has 1 aliphatic rings. The standard InChI is InChI=1S/C11H11NO6/c1-16-7-4-3-6-8(5-12(14)15)18-11(13)9(6)10(7)17-2/h3-4,8H,5H2,1-2H3/t8-/m0/s1. The van der Waals surface area contributed by atoms with Crippen molar-refractivity contribution in [2.24, 2.45) is 0 Å². The quantitative estimate of drug-likeness (QED) is 0.455. The summed E-state index contributed by atoms with van der Waals surface area (Å²) < 4.78 is 15.1. The molecule has 18 heavy (non-hydrogen) atoms. The van der Waals surface area contributed by atoms with E-state index in [-0.39, 0.29) is 11.3 Å². The molecule has 0 fully saturated rings. The predicted octanol–water partition coefficient (Wildman–Crippen LogP) is 1.19. The van der Waals surface area contributed by atoms with E-state index in [9.17, 15) is 14.9 Å². The lowest BCUT2D eigenvalue weighted by Crippen LogP contribution is -2.12. The molecule has 0 radical (unpaired) electrons. The molecule has 7 heteroatoms. The fraction of sp³-hybridized carbons (Fsp3) is 0.364. The molecule has 0 N–H and O–H groups in total. The second-order valence-electron chi connectivity index (χ2n) is 3.67. The Balaban J connectivity index is 2.50. The maximum Gasteiger partial charge on any atom is 0.343 e. The third-order valence-corrected chi connectivity index (χ3v) is 2.69. The largest absolute Gasteiger partial charge is 0.493 e. The van der Waals surface area contributed by atoms with Gasteiger partial charge in [-0.3, -0.25) is 10.1 Å². The van der Waals surface area contributed by atoms with Gasteiger partial charge in [0.2, 0.25) is 6.54 Å². The summed E-state index contributed by atoms with van der Waals surface area (Å²) in [6.07, 6.45) is -0.873. The number of methoxy groups -OCH3 is 2. The van der Waals surface area contributed by atoms with Crippen molar-refractivity contribution in [3.63, 3.8) is 0 Å². The summed E-state index contributed by atoms with van der Waals surface area (Å²) in [5.41, 5.74) is 0.651. The van der Waals surface area contributed by atoms with Gasteiger partial charge in [-0.05, 0) is 6.07 Å². The first-order valence-corrected chi connectivity index (χ1v) is 5.16. The van der Waals surface area contributed by atoms with Crippen LogP contribution in [0.3, 0.4) is 0 Å². The van der Waals surface area contributed by atoms with Crippen LogP contribution in [-0.4, -0.2) is 31.7 Å². The van der Waals surface area contributed by atoms with Crippen molar-refractivity contribution in [1.29, 1.82) is 0 Å². The first-order chi connectivity index (χ1) is 8.58. The van der Waals surface area contributed by atoms with Gasteiger partial charge in [0.15, 0.2) is 17.6 Å². The van der Waals surface area contributed by atoms with Crippen LogP contribution in [0.1, 0.15) is 22.0 Å². The molecule has 7 nitrogen and oxygen atoms in total. The van der Waals surface area contributed by atoms with Crippen LogP contribution in [-0.2, 0) is 4.74 Å². The summed E-state index contributed by atoms with van der Waals surface area (Å²) in [5.74, 6) is -0.00611. The third kappa shape index (κ3) is 1.83. The van der Waals surface area contributed by atoms with Crippen molar-refractivity contribution in [2.75, 3.05) is 20.8 Å². The zero-order chi connectivity index (χ0) is 13.3. The number of carbonyl (C=O) groups is 1. The Labute approximate surface area is 102 Å². The fourth-order valence-electron chi connectivity index (χ4n) is 1.94. The molecule has 0 unspecified atom stereocenters. The Morgan fingerprint density at radius 2 is 2.11 bits per heavy atom. The van der Waals surface area contributed by atoms with Crippen molar-refractivity contribution in [3.8, 4) is 11.5 Å². The number of ether oxygens (including phenoxy) is 3. The molecule has 1 aromatic carbocycles. The summed E-state index contributed by atoms with van der Waals surface area (Å²) in [4.78, 5) is 21.7. The summed E-state index contributed by atoms with van der Waals surface area (Å²) in [6, 6.07) is 3.17. The lowest BCUT2D eigenvalue weighted by molar-refractivity contribution is -0.490. The van der Waals surface area contributed by atoms with Crippen LogP contribution < -0.4 is 9.47 Å². The minimum atomic E-state index is -0.873. The smallest absolute Gasteiger partial charge is 0.343 e. The first-order valence-electron chi connectivity index (χ1n) is 5.16. The summed E-state index contributed by atoms with van der Waals surface area (Å²) >= 11 is 0. The van der Waals surface area contributed by atoms with Gasteiger partial charge in [0.05, 0.1) is 14.2 Å². The van der Waals surface area contributed by atoms with E-state index in [4.69, 9.17) is 14.2 Å². The molecule has 0 aromatic heterocycles. The van der Waals surface area contributed by atoms with Crippen molar-refractivity contribution < 1.29 is 23.9 Å². The molecule has 96 valence electrons. The van der Waals surface area contributed by atoms with Crippen molar-refractivity contribution >= 4 is 5.97 Å². The molecule has 2 rings (SSSR count). The second-order valence-corrected chi connectivity index (χ2v) is 3.67. The van der Waals surface area contributed by atoms with Crippen LogP contribution in [0.25, 0.3) is 0 Å². The van der Waals surface area contributed by atoms with Crippen LogP contribution in [0, 0.1) is 10.1 Å². The number of rotatable bonds is 4. The zero-order valence-corrected chi connectivity index (χ0v) is 9.84. The highest BCUT2D eigenvalue weighted by Crippen LogP contribution is 2.41. The van der Waals surface area contributed by atoms with Crippen LogP contribution in [0.4, 0.5) is 0 Å². The molecular weight excluding hydrogens is 242 g/mol. The van der Waals surface area contributed by atoms with E-state index in [2.05, 4.69) is 0 Å². The number of nitrogens with zero attached hydrogens (tertiary/aromatic N) is 1. The highest BCUT2D eigenvalue weighted by molar-refractivity contribution is 5.98. The van der Waals surface area contributed by atoms with Crippen LogP contribution in [0.2, 0.25) is 0 Å². The average molecular weight is 253 g/mol. The molecule has 0 aliphatic carbocycles. The lowest BCUT2D eigenvalue weighted by Gasteiger charge is -2.10. The number of nitro groups is 1. The van der Waals surface area contributed by atoms with E-state index in [0.29, 0.717) is 11.3 Å². The second kappa shape index (κ2) is 4.52. The van der Waals surface area contributed by atoms with E-state index < -0.39 is 23.5 Å². The Hall–Kier alpha value is -2.31. The molecule has 0 spiro atoms. The maximum absolute atomic E-state index is 11.7. The summed E-state index contributed by atoms with van der Waals surface area (Å²) in [7, 11) is 2.84. The van der Waals surface area contributed by atoms with E-state index >= 15 is 0 Å². The zero-order valence-electron chi connectivity index (χ0n) is 9.84. The molecule has 0 saturated heterocycles. The van der Waals surface area contributed by atoms with Gasteiger partial charge in [0, 0.05) is 10.5 Å². The van der Waals surface area contributed by atoms with Gasteiger partial charge in [0.1, 0.15) is 5.56 Å². The number of hydrogen-bond donors (Lipinski definition) is 0. The topological polar surface area (TPSA) is 87.9 Å². The lowest BCUT2D eigenvalue weighted by atomic mass is 10.0. The number of benzene rings is 1. The van der Waals surface area contributed by atoms with Gasteiger partial charge in [-0.15, -0.1) is 0 Å². The maximum atomic E-state index is 11.7. The number of fused-ring (bicyclic) bond motifs is 1. The van der Waals surface area contributed by atoms with Crippen LogP contribution in [0.5, 0.6) is 11.5 Å². The normalized spacial score (nSPS) is 17.0. The van der Waals surface area contributed by atoms with Crippen molar-refractivity contribution in [3.05, 3.63) is 33.4 Å². The number of carbonyl (C=O) groups excluding carboxylic acids is 1. The van der Waals surface area contributed by atoms with Gasteiger partial charge in [-0.25, -0.2) is 4.79 Å². The Bertz CT molecular complexity index is 513. The van der Waals surface area contributed by atoms with Gasteiger partial charge >= 0.3 is 5.97 Å². The summed E-state index contributed by atoms with van der Waals surface area (Å²) in [5, 5.41) is 10.5. The van der Waals surface area contributed by atoms with E-state index in [1.54, 1.807) is 12.1 Å². The third-order valence-electron chi connectivity index (χ3n) is 2.69. The highest BCUT2D eigenvalue weighted by Gasteiger charge is 2.38. The minimum Gasteiger partial charge on any atom is -0.493 e. The number of hydrogen-bond acceptors (Lipinski definition) is 6. The molecule has 1 atom stereocenters.